The van der Waals surface area contributed by atoms with E-state index in [1.165, 1.54) is 39.5 Å². The predicted octanol–water partition coefficient (Wildman–Crippen LogP) is 2.81. The summed E-state index contributed by atoms with van der Waals surface area (Å²) >= 11 is 6.03. The number of ether oxygens (including phenoxy) is 3. The number of halogens is 1. The van der Waals surface area contributed by atoms with Gasteiger partial charge in [0.1, 0.15) is 11.5 Å². The maximum absolute atomic E-state index is 12.7. The van der Waals surface area contributed by atoms with E-state index < -0.39 is 15.9 Å². The van der Waals surface area contributed by atoms with Gasteiger partial charge in [0.25, 0.3) is 15.9 Å². The minimum atomic E-state index is -4.03. The second kappa shape index (κ2) is 10.6. The Bertz CT molecular complexity index is 998. The maximum Gasteiger partial charge on any atom is 0.266 e. The van der Waals surface area contributed by atoms with E-state index in [1.807, 2.05) is 0 Å². The van der Waals surface area contributed by atoms with Crippen molar-refractivity contribution >= 4 is 33.2 Å². The third-order valence-corrected chi connectivity index (χ3v) is 6.19. The molecule has 0 aromatic heterocycles. The van der Waals surface area contributed by atoms with Gasteiger partial charge in [0.2, 0.25) is 0 Å². The first kappa shape index (κ1) is 23.9. The van der Waals surface area contributed by atoms with Gasteiger partial charge >= 0.3 is 0 Å². The Morgan fingerprint density at radius 1 is 1.07 bits per heavy atom. The van der Waals surface area contributed by atoms with Crippen LogP contribution < -0.4 is 14.8 Å². The number of benzene rings is 2. The minimum absolute atomic E-state index is 0.0336. The highest BCUT2D eigenvalue weighted by Crippen LogP contribution is 2.31. The largest absolute Gasteiger partial charge is 0.493 e. The number of hydrogen-bond acceptors (Lipinski definition) is 7. The lowest BCUT2D eigenvalue weighted by Gasteiger charge is -2.16. The monoisotopic (exact) mass is 458 g/mol. The molecule has 0 aliphatic heterocycles. The molecule has 0 saturated carbocycles. The van der Waals surface area contributed by atoms with E-state index in [9.17, 15) is 13.2 Å². The van der Waals surface area contributed by atoms with Crippen LogP contribution in [0.1, 0.15) is 10.4 Å². The molecule has 0 saturated heterocycles. The van der Waals surface area contributed by atoms with Crippen LogP contribution in [0.3, 0.4) is 0 Å². The van der Waals surface area contributed by atoms with Crippen molar-refractivity contribution in [2.24, 2.45) is 0 Å². The second-order valence-electron chi connectivity index (χ2n) is 5.90. The number of anilines is 1. The molecule has 2 aromatic rings. The van der Waals surface area contributed by atoms with E-state index in [4.69, 9.17) is 30.6 Å². The van der Waals surface area contributed by atoms with Crippen molar-refractivity contribution in [2.45, 2.75) is 4.90 Å². The van der Waals surface area contributed by atoms with E-state index in [2.05, 4.69) is 5.32 Å². The molecule has 0 aliphatic rings. The van der Waals surface area contributed by atoms with E-state index >= 15 is 0 Å². The molecule has 2 rings (SSSR count). The summed E-state index contributed by atoms with van der Waals surface area (Å²) in [5.74, 6) is 0.385. The molecule has 0 heterocycles. The molecule has 1 N–H and O–H groups in total. The number of hydrogen-bond donors (Lipinski definition) is 1. The average Bonchev–Trinajstić information content (AvgIpc) is 2.73. The van der Waals surface area contributed by atoms with Gasteiger partial charge in [-0.2, -0.15) is 0 Å². The Balaban J connectivity index is 2.28. The molecule has 0 bridgehead atoms. The molecule has 0 unspecified atom stereocenters. The SMILES string of the molecule is COCCOc1cc(NC(=O)c2ccc(Cl)c(S(=O)(=O)N(C)OC)c2)ccc1OC. The summed E-state index contributed by atoms with van der Waals surface area (Å²) in [6.07, 6.45) is 0. The predicted molar refractivity (Wildman–Crippen MR) is 112 cm³/mol. The van der Waals surface area contributed by atoms with E-state index in [0.29, 0.717) is 34.9 Å². The summed E-state index contributed by atoms with van der Waals surface area (Å²) in [6.45, 7) is 0.688. The zero-order valence-corrected chi connectivity index (χ0v) is 18.5. The first-order chi connectivity index (χ1) is 14.2. The number of carbonyl (C=O) groups excluding carboxylic acids is 1. The molecule has 0 atom stereocenters. The van der Waals surface area contributed by atoms with Crippen molar-refractivity contribution < 1.29 is 32.3 Å². The summed E-state index contributed by atoms with van der Waals surface area (Å²) in [6, 6.07) is 8.80. The van der Waals surface area contributed by atoms with Crippen LogP contribution in [0.4, 0.5) is 5.69 Å². The number of hydroxylamine groups is 1. The summed E-state index contributed by atoms with van der Waals surface area (Å²) < 4.78 is 41.5. The molecule has 0 fully saturated rings. The fourth-order valence-electron chi connectivity index (χ4n) is 2.38. The Labute approximate surface area is 180 Å². The standard InChI is InChI=1S/C19H23ClN2O7S/c1-22(28-4)30(24,25)18-11-13(5-7-15(18)20)19(23)21-14-6-8-16(27-3)17(12-14)29-10-9-26-2/h5-8,11-12H,9-10H2,1-4H3,(H,21,23). The highest BCUT2D eigenvalue weighted by molar-refractivity contribution is 7.89. The summed E-state index contributed by atoms with van der Waals surface area (Å²) in [7, 11) is 1.46. The van der Waals surface area contributed by atoms with E-state index in [0.717, 1.165) is 0 Å². The number of sulfonamides is 1. The molecule has 0 radical (unpaired) electrons. The van der Waals surface area contributed by atoms with Crippen molar-refractivity contribution in [3.05, 3.63) is 47.0 Å². The van der Waals surface area contributed by atoms with Gasteiger partial charge in [0.15, 0.2) is 11.5 Å². The normalized spacial score (nSPS) is 11.4. The quantitative estimate of drug-likeness (QED) is 0.431. The van der Waals surface area contributed by atoms with Gasteiger partial charge in [-0.05, 0) is 30.3 Å². The molecule has 1 amide bonds. The van der Waals surface area contributed by atoms with Crippen LogP contribution >= 0.6 is 11.6 Å². The van der Waals surface area contributed by atoms with Gasteiger partial charge < -0.3 is 19.5 Å². The number of amides is 1. The van der Waals surface area contributed by atoms with Gasteiger partial charge in [0, 0.05) is 31.5 Å². The smallest absolute Gasteiger partial charge is 0.266 e. The molecule has 164 valence electrons. The number of methoxy groups -OCH3 is 2. The van der Waals surface area contributed by atoms with Crippen LogP contribution in [0.15, 0.2) is 41.3 Å². The van der Waals surface area contributed by atoms with Gasteiger partial charge in [-0.3, -0.25) is 9.63 Å². The number of nitrogens with one attached hydrogen (secondary N) is 1. The molecule has 2 aromatic carbocycles. The van der Waals surface area contributed by atoms with Crippen molar-refractivity contribution in [3.63, 3.8) is 0 Å². The molecule has 30 heavy (non-hydrogen) atoms. The van der Waals surface area contributed by atoms with Gasteiger partial charge in [0.05, 0.1) is 25.8 Å². The molecule has 11 heteroatoms. The molecule has 0 aliphatic carbocycles. The molecular weight excluding hydrogens is 436 g/mol. The zero-order chi connectivity index (χ0) is 22.3. The lowest BCUT2D eigenvalue weighted by atomic mass is 10.2. The van der Waals surface area contributed by atoms with Crippen LogP contribution in [0.25, 0.3) is 0 Å². The lowest BCUT2D eigenvalue weighted by Crippen LogP contribution is -2.26. The average molecular weight is 459 g/mol. The fourth-order valence-corrected chi connectivity index (χ4v) is 3.86. The molecule has 0 spiro atoms. The van der Waals surface area contributed by atoms with E-state index in [1.54, 1.807) is 25.3 Å². The fraction of sp³-hybridized carbons (Fsp3) is 0.316. The molecular formula is C19H23ClN2O7S. The Morgan fingerprint density at radius 2 is 1.80 bits per heavy atom. The number of rotatable bonds is 10. The first-order valence-corrected chi connectivity index (χ1v) is 10.5. The Morgan fingerprint density at radius 3 is 2.43 bits per heavy atom. The van der Waals surface area contributed by atoms with Crippen LogP contribution in [0, 0.1) is 0 Å². The van der Waals surface area contributed by atoms with Crippen molar-refractivity contribution in [1.82, 2.24) is 4.47 Å². The highest BCUT2D eigenvalue weighted by atomic mass is 35.5. The van der Waals surface area contributed by atoms with Crippen molar-refractivity contribution in [1.29, 1.82) is 0 Å². The Kier molecular flexibility index (Phi) is 8.44. The maximum atomic E-state index is 12.7. The van der Waals surface area contributed by atoms with Crippen molar-refractivity contribution in [2.75, 3.05) is 46.9 Å². The van der Waals surface area contributed by atoms with Crippen LogP contribution in [0.2, 0.25) is 5.02 Å². The third kappa shape index (κ3) is 5.61. The van der Waals surface area contributed by atoms with E-state index in [-0.39, 0.29) is 15.5 Å². The number of carbonyl (C=O) groups is 1. The summed E-state index contributed by atoms with van der Waals surface area (Å²) in [4.78, 5) is 17.2. The topological polar surface area (TPSA) is 103 Å². The summed E-state index contributed by atoms with van der Waals surface area (Å²) in [5.41, 5.74) is 0.529. The van der Waals surface area contributed by atoms with Crippen molar-refractivity contribution in [3.8, 4) is 11.5 Å². The Hall–Kier alpha value is -2.37. The van der Waals surface area contributed by atoms with Gasteiger partial charge in [-0.15, -0.1) is 0 Å². The minimum Gasteiger partial charge on any atom is -0.493 e. The number of nitrogens with zero attached hydrogens (tertiary/aromatic N) is 1. The third-order valence-electron chi connectivity index (χ3n) is 4.03. The first-order valence-electron chi connectivity index (χ1n) is 8.68. The highest BCUT2D eigenvalue weighted by Gasteiger charge is 2.25. The van der Waals surface area contributed by atoms with Gasteiger partial charge in [-0.25, -0.2) is 8.42 Å². The van der Waals surface area contributed by atoms with Crippen LogP contribution in [0.5, 0.6) is 11.5 Å². The summed E-state index contributed by atoms with van der Waals surface area (Å²) in [5, 5.41) is 2.66. The zero-order valence-electron chi connectivity index (χ0n) is 17.0. The second-order valence-corrected chi connectivity index (χ2v) is 8.21. The lowest BCUT2D eigenvalue weighted by molar-refractivity contribution is -0.0258. The van der Waals surface area contributed by atoms with Gasteiger partial charge in [-0.1, -0.05) is 16.1 Å². The van der Waals surface area contributed by atoms with Crippen LogP contribution in [-0.4, -0.2) is 60.4 Å². The van der Waals surface area contributed by atoms with Crippen LogP contribution in [-0.2, 0) is 19.6 Å². The molecule has 9 nitrogen and oxygen atoms in total.